The number of rotatable bonds is 5. The first kappa shape index (κ1) is 15.5. The summed E-state index contributed by atoms with van der Waals surface area (Å²) >= 11 is 3.25. The maximum Gasteiger partial charge on any atom is 0.318 e. The fraction of sp³-hybridized carbons (Fsp3) is 0.462. The van der Waals surface area contributed by atoms with Crippen LogP contribution in [0.1, 0.15) is 25.7 Å². The zero-order valence-corrected chi connectivity index (χ0v) is 13.2. The lowest BCUT2D eigenvalue weighted by molar-refractivity contribution is -0.137. The highest BCUT2D eigenvalue weighted by atomic mass is 79.9. The second kappa shape index (κ2) is 6.24. The molecule has 5 nitrogen and oxygen atoms in total. The second-order valence-corrected chi connectivity index (χ2v) is 7.64. The number of carboxylic acid groups (broad SMARTS) is 1. The third-order valence-corrected chi connectivity index (χ3v) is 5.88. The number of aliphatic carboxylic acids is 1. The van der Waals surface area contributed by atoms with Crippen LogP contribution in [0.5, 0.6) is 0 Å². The summed E-state index contributed by atoms with van der Waals surface area (Å²) in [5, 5.41) is 8.98. The van der Waals surface area contributed by atoms with Crippen LogP contribution >= 0.6 is 15.9 Å². The summed E-state index contributed by atoms with van der Waals surface area (Å²) in [6, 6.07) is 6.05. The molecule has 20 heavy (non-hydrogen) atoms. The number of hydrogen-bond donors (Lipinski definition) is 1. The number of benzene rings is 1. The van der Waals surface area contributed by atoms with Crippen molar-refractivity contribution in [2.24, 2.45) is 0 Å². The van der Waals surface area contributed by atoms with Crippen LogP contribution in [0.25, 0.3) is 0 Å². The van der Waals surface area contributed by atoms with Crippen molar-refractivity contribution >= 4 is 31.9 Å². The van der Waals surface area contributed by atoms with E-state index in [0.717, 1.165) is 34.5 Å². The second-order valence-electron chi connectivity index (χ2n) is 4.84. The van der Waals surface area contributed by atoms with Crippen molar-refractivity contribution < 1.29 is 18.3 Å². The Hall–Kier alpha value is -0.920. The van der Waals surface area contributed by atoms with Crippen LogP contribution < -0.4 is 0 Å². The molecule has 110 valence electrons. The van der Waals surface area contributed by atoms with Gasteiger partial charge in [-0.15, -0.1) is 0 Å². The number of carbonyl (C=O) groups is 1. The SMILES string of the molecule is O=C(O)CN(C1CCCC1)S(=O)(=O)c1ccc(Br)cc1. The van der Waals surface area contributed by atoms with E-state index in [9.17, 15) is 13.2 Å². The highest BCUT2D eigenvalue weighted by Crippen LogP contribution is 2.28. The average molecular weight is 362 g/mol. The van der Waals surface area contributed by atoms with Gasteiger partial charge in [0.25, 0.3) is 0 Å². The lowest BCUT2D eigenvalue weighted by atomic mass is 10.2. The number of halogens is 1. The van der Waals surface area contributed by atoms with E-state index in [1.165, 1.54) is 12.1 Å². The Bertz CT molecular complexity index is 579. The molecule has 0 atom stereocenters. The van der Waals surface area contributed by atoms with Crippen LogP contribution in [0.3, 0.4) is 0 Å². The van der Waals surface area contributed by atoms with Crippen molar-refractivity contribution in [3.63, 3.8) is 0 Å². The summed E-state index contributed by atoms with van der Waals surface area (Å²) in [6.45, 7) is -0.483. The van der Waals surface area contributed by atoms with Gasteiger partial charge >= 0.3 is 5.97 Å². The highest BCUT2D eigenvalue weighted by molar-refractivity contribution is 9.10. The molecule has 1 saturated carbocycles. The third kappa shape index (κ3) is 3.39. The fourth-order valence-corrected chi connectivity index (χ4v) is 4.38. The first-order valence-corrected chi connectivity index (χ1v) is 8.64. The van der Waals surface area contributed by atoms with Crippen molar-refractivity contribution in [1.82, 2.24) is 4.31 Å². The fourth-order valence-electron chi connectivity index (χ4n) is 2.48. The molecule has 1 aromatic carbocycles. The van der Waals surface area contributed by atoms with Gasteiger partial charge in [-0.25, -0.2) is 8.42 Å². The normalized spacial score (nSPS) is 16.7. The Labute approximate surface area is 126 Å². The summed E-state index contributed by atoms with van der Waals surface area (Å²) in [4.78, 5) is 11.1. The van der Waals surface area contributed by atoms with Gasteiger partial charge in [-0.05, 0) is 37.1 Å². The molecule has 7 heteroatoms. The molecule has 1 aliphatic carbocycles. The Morgan fingerprint density at radius 2 is 1.80 bits per heavy atom. The zero-order valence-electron chi connectivity index (χ0n) is 10.8. The van der Waals surface area contributed by atoms with E-state index in [2.05, 4.69) is 15.9 Å². The van der Waals surface area contributed by atoms with Crippen LogP contribution in [0.15, 0.2) is 33.6 Å². The van der Waals surface area contributed by atoms with E-state index in [-0.39, 0.29) is 10.9 Å². The molecular weight excluding hydrogens is 346 g/mol. The first-order valence-electron chi connectivity index (χ1n) is 6.40. The minimum Gasteiger partial charge on any atom is -0.480 e. The Morgan fingerprint density at radius 3 is 2.30 bits per heavy atom. The van der Waals surface area contributed by atoms with Crippen molar-refractivity contribution in [2.75, 3.05) is 6.54 Å². The van der Waals surface area contributed by atoms with Crippen LogP contribution in [0.2, 0.25) is 0 Å². The number of carboxylic acids is 1. The van der Waals surface area contributed by atoms with Gasteiger partial charge < -0.3 is 5.11 Å². The van der Waals surface area contributed by atoms with E-state index in [1.54, 1.807) is 12.1 Å². The van der Waals surface area contributed by atoms with Crippen LogP contribution in [-0.4, -0.2) is 36.4 Å². The average Bonchev–Trinajstić information content (AvgIpc) is 2.89. The van der Waals surface area contributed by atoms with E-state index < -0.39 is 22.5 Å². The predicted molar refractivity (Wildman–Crippen MR) is 77.9 cm³/mol. The molecule has 0 radical (unpaired) electrons. The molecule has 0 heterocycles. The lowest BCUT2D eigenvalue weighted by Crippen LogP contribution is -2.42. The van der Waals surface area contributed by atoms with E-state index >= 15 is 0 Å². The summed E-state index contributed by atoms with van der Waals surface area (Å²) in [6.07, 6.45) is 3.33. The Kier molecular flexibility index (Phi) is 4.82. The molecule has 0 saturated heterocycles. The Morgan fingerprint density at radius 1 is 1.25 bits per heavy atom. The van der Waals surface area contributed by atoms with Gasteiger partial charge in [-0.3, -0.25) is 4.79 Å². The maximum atomic E-state index is 12.6. The van der Waals surface area contributed by atoms with Crippen molar-refractivity contribution in [1.29, 1.82) is 0 Å². The molecule has 0 aliphatic heterocycles. The summed E-state index contributed by atoms with van der Waals surface area (Å²) in [5.74, 6) is -1.13. The minimum atomic E-state index is -3.76. The molecule has 0 aromatic heterocycles. The molecule has 1 fully saturated rings. The van der Waals surface area contributed by atoms with Gasteiger partial charge in [0.15, 0.2) is 0 Å². The van der Waals surface area contributed by atoms with Gasteiger partial charge in [-0.1, -0.05) is 28.8 Å². The summed E-state index contributed by atoms with van der Waals surface area (Å²) in [7, 11) is -3.76. The predicted octanol–water partition coefficient (Wildman–Crippen LogP) is 2.47. The van der Waals surface area contributed by atoms with E-state index in [4.69, 9.17) is 5.11 Å². The van der Waals surface area contributed by atoms with Crippen molar-refractivity contribution in [3.8, 4) is 0 Å². The number of nitrogens with zero attached hydrogens (tertiary/aromatic N) is 1. The van der Waals surface area contributed by atoms with Gasteiger partial charge in [0.2, 0.25) is 10.0 Å². The van der Waals surface area contributed by atoms with Gasteiger partial charge in [0.1, 0.15) is 6.54 Å². The van der Waals surface area contributed by atoms with Crippen molar-refractivity contribution in [3.05, 3.63) is 28.7 Å². The smallest absolute Gasteiger partial charge is 0.318 e. The zero-order chi connectivity index (χ0) is 14.8. The van der Waals surface area contributed by atoms with Crippen LogP contribution in [-0.2, 0) is 14.8 Å². The van der Waals surface area contributed by atoms with Gasteiger partial charge in [-0.2, -0.15) is 4.31 Å². The molecule has 0 bridgehead atoms. The van der Waals surface area contributed by atoms with E-state index in [1.807, 2.05) is 0 Å². The number of hydrogen-bond acceptors (Lipinski definition) is 3. The molecule has 0 spiro atoms. The molecule has 0 amide bonds. The topological polar surface area (TPSA) is 74.7 Å². The maximum absolute atomic E-state index is 12.6. The summed E-state index contributed by atoms with van der Waals surface area (Å²) < 4.78 is 27.1. The van der Waals surface area contributed by atoms with Crippen LogP contribution in [0, 0.1) is 0 Å². The first-order chi connectivity index (χ1) is 9.41. The molecule has 1 N–H and O–H groups in total. The largest absolute Gasteiger partial charge is 0.480 e. The van der Waals surface area contributed by atoms with Gasteiger partial charge in [0.05, 0.1) is 4.90 Å². The number of sulfonamides is 1. The molecule has 1 aliphatic rings. The molecular formula is C13H16BrNO4S. The quantitative estimate of drug-likeness (QED) is 0.873. The highest BCUT2D eigenvalue weighted by Gasteiger charge is 2.34. The standard InChI is InChI=1S/C13H16BrNO4S/c14-10-5-7-12(8-6-10)20(18,19)15(9-13(16)17)11-3-1-2-4-11/h5-8,11H,1-4,9H2,(H,16,17). The minimum absolute atomic E-state index is 0.133. The lowest BCUT2D eigenvalue weighted by Gasteiger charge is -2.26. The third-order valence-electron chi connectivity index (χ3n) is 3.44. The molecule has 1 aromatic rings. The van der Waals surface area contributed by atoms with E-state index in [0.29, 0.717) is 0 Å². The summed E-state index contributed by atoms with van der Waals surface area (Å²) in [5.41, 5.74) is 0. The Balaban J connectivity index is 2.34. The molecule has 0 unspecified atom stereocenters. The van der Waals surface area contributed by atoms with Gasteiger partial charge in [0, 0.05) is 10.5 Å². The van der Waals surface area contributed by atoms with Crippen molar-refractivity contribution in [2.45, 2.75) is 36.6 Å². The molecule has 2 rings (SSSR count). The van der Waals surface area contributed by atoms with Crippen LogP contribution in [0.4, 0.5) is 0 Å². The monoisotopic (exact) mass is 361 g/mol.